The Labute approximate surface area is 201 Å². The van der Waals surface area contributed by atoms with Gasteiger partial charge in [-0.1, -0.05) is 23.7 Å². The van der Waals surface area contributed by atoms with E-state index in [1.54, 1.807) is 30.6 Å². The Morgan fingerprint density at radius 1 is 1.06 bits per heavy atom. The molecule has 3 rings (SSSR count). The van der Waals surface area contributed by atoms with Gasteiger partial charge in [0, 0.05) is 35.5 Å². The van der Waals surface area contributed by atoms with Gasteiger partial charge in [0.05, 0.1) is 17.0 Å². The summed E-state index contributed by atoms with van der Waals surface area (Å²) in [6, 6.07) is 16.6. The van der Waals surface area contributed by atoms with Crippen LogP contribution in [0.2, 0.25) is 5.02 Å². The summed E-state index contributed by atoms with van der Waals surface area (Å²) in [5.74, 6) is -0.172. The lowest BCUT2D eigenvalue weighted by atomic mass is 10.1. The van der Waals surface area contributed by atoms with Crippen LogP contribution in [0.1, 0.15) is 24.0 Å². The first-order chi connectivity index (χ1) is 15.2. The average Bonchev–Trinajstić information content (AvgIpc) is 2.75. The Morgan fingerprint density at radius 2 is 1.72 bits per heavy atom. The second kappa shape index (κ2) is 10.9. The summed E-state index contributed by atoms with van der Waals surface area (Å²) in [7, 11) is -3.51. The fourth-order valence-electron chi connectivity index (χ4n) is 3.18. The first-order valence-electron chi connectivity index (χ1n) is 9.93. The van der Waals surface area contributed by atoms with Crippen LogP contribution < -0.4 is 9.62 Å². The van der Waals surface area contributed by atoms with Crippen molar-refractivity contribution in [1.82, 2.24) is 4.98 Å². The number of pyridine rings is 1. The van der Waals surface area contributed by atoms with Crippen molar-refractivity contribution in [3.63, 3.8) is 0 Å². The highest BCUT2D eigenvalue weighted by Crippen LogP contribution is 2.29. The van der Waals surface area contributed by atoms with Crippen LogP contribution in [-0.2, 0) is 21.2 Å². The number of nitrogens with one attached hydrogen (secondary N) is 1. The van der Waals surface area contributed by atoms with Crippen molar-refractivity contribution in [2.75, 3.05) is 22.4 Å². The van der Waals surface area contributed by atoms with E-state index in [0.717, 1.165) is 18.2 Å². The number of carbonyl (C=O) groups excluding carboxylic acids is 1. The molecular formula is C23H23BrClN3O3S. The summed E-state index contributed by atoms with van der Waals surface area (Å²) >= 11 is 9.40. The minimum atomic E-state index is -3.51. The maximum Gasteiger partial charge on any atom is 0.232 e. The number of sulfonamides is 1. The lowest BCUT2D eigenvalue weighted by Crippen LogP contribution is -2.31. The lowest BCUT2D eigenvalue weighted by molar-refractivity contribution is -0.116. The Balaban J connectivity index is 1.53. The monoisotopic (exact) mass is 535 g/mol. The molecule has 168 valence electrons. The highest BCUT2D eigenvalue weighted by Gasteiger charge is 2.18. The highest BCUT2D eigenvalue weighted by molar-refractivity contribution is 9.10. The maximum atomic E-state index is 12.3. The van der Waals surface area contributed by atoms with Crippen molar-refractivity contribution in [3.8, 4) is 0 Å². The molecule has 0 aliphatic carbocycles. The highest BCUT2D eigenvalue weighted by atomic mass is 79.9. The van der Waals surface area contributed by atoms with Crippen LogP contribution in [0.5, 0.6) is 0 Å². The molecule has 3 aromatic rings. The van der Waals surface area contributed by atoms with Crippen molar-refractivity contribution >= 4 is 54.8 Å². The van der Waals surface area contributed by atoms with E-state index in [0.29, 0.717) is 27.3 Å². The molecule has 2 aromatic carbocycles. The topological polar surface area (TPSA) is 79.4 Å². The van der Waals surface area contributed by atoms with Crippen molar-refractivity contribution in [2.24, 2.45) is 0 Å². The molecule has 0 bridgehead atoms. The van der Waals surface area contributed by atoms with Crippen LogP contribution in [0.3, 0.4) is 0 Å². The van der Waals surface area contributed by atoms with E-state index in [1.165, 1.54) is 9.87 Å². The van der Waals surface area contributed by atoms with Crippen LogP contribution in [0.15, 0.2) is 71.5 Å². The van der Waals surface area contributed by atoms with Crippen molar-refractivity contribution in [2.45, 2.75) is 19.3 Å². The fourth-order valence-corrected chi connectivity index (χ4v) is 4.55. The molecule has 0 atom stereocenters. The lowest BCUT2D eigenvalue weighted by Gasteiger charge is -2.22. The zero-order valence-corrected chi connectivity index (χ0v) is 20.6. The summed E-state index contributed by atoms with van der Waals surface area (Å²) in [6.07, 6.45) is 6.01. The molecule has 0 unspecified atom stereocenters. The molecule has 0 saturated heterocycles. The van der Waals surface area contributed by atoms with E-state index in [-0.39, 0.29) is 18.9 Å². The number of hydrogen-bond donors (Lipinski definition) is 1. The summed E-state index contributed by atoms with van der Waals surface area (Å²) in [6.45, 7) is 0.176. The fraction of sp³-hybridized carbons (Fsp3) is 0.217. The number of nitrogens with zero attached hydrogens (tertiary/aromatic N) is 2. The first kappa shape index (κ1) is 24.2. The molecule has 6 nitrogen and oxygen atoms in total. The van der Waals surface area contributed by atoms with Gasteiger partial charge in [0.25, 0.3) is 0 Å². The maximum absolute atomic E-state index is 12.3. The Hall–Kier alpha value is -2.42. The molecule has 1 N–H and O–H groups in total. The quantitative estimate of drug-likeness (QED) is 0.404. The molecule has 32 heavy (non-hydrogen) atoms. The summed E-state index contributed by atoms with van der Waals surface area (Å²) in [5, 5.41) is 3.28. The van der Waals surface area contributed by atoms with Crippen molar-refractivity contribution in [1.29, 1.82) is 0 Å². The molecule has 0 saturated carbocycles. The first-order valence-corrected chi connectivity index (χ1v) is 12.9. The predicted octanol–water partition coefficient (Wildman–Crippen LogP) is 5.27. The number of rotatable bonds is 9. The van der Waals surface area contributed by atoms with Crippen LogP contribution in [0.25, 0.3) is 0 Å². The molecule has 0 spiro atoms. The average molecular weight is 537 g/mol. The normalized spacial score (nSPS) is 11.2. The molecule has 1 aromatic heterocycles. The number of aromatic nitrogens is 1. The zero-order chi connectivity index (χ0) is 23.1. The van der Waals surface area contributed by atoms with Crippen LogP contribution >= 0.6 is 27.5 Å². The SMILES string of the molecule is CS(=O)(=O)N(CCCC(=O)Nc1ccc(Cc2ccncc2)cc1)c1ccc(Br)c(Cl)c1. The molecular weight excluding hydrogens is 514 g/mol. The molecule has 0 aliphatic heterocycles. The third-order valence-electron chi connectivity index (χ3n) is 4.75. The third kappa shape index (κ3) is 7.05. The van der Waals surface area contributed by atoms with Gasteiger partial charge in [-0.15, -0.1) is 0 Å². The Bertz CT molecular complexity index is 1170. The van der Waals surface area contributed by atoms with Gasteiger partial charge in [-0.25, -0.2) is 8.42 Å². The van der Waals surface area contributed by atoms with Crippen molar-refractivity contribution in [3.05, 3.63) is 87.6 Å². The van der Waals surface area contributed by atoms with Crippen LogP contribution in [0, 0.1) is 0 Å². The van der Waals surface area contributed by atoms with Gasteiger partial charge in [-0.3, -0.25) is 14.1 Å². The van der Waals surface area contributed by atoms with Gasteiger partial charge in [0.15, 0.2) is 0 Å². The largest absolute Gasteiger partial charge is 0.326 e. The summed E-state index contributed by atoms with van der Waals surface area (Å²) in [5.41, 5.74) is 3.46. The minimum Gasteiger partial charge on any atom is -0.326 e. The molecule has 1 amide bonds. The molecule has 1 heterocycles. The van der Waals surface area contributed by atoms with E-state index >= 15 is 0 Å². The standard InChI is InChI=1S/C23H23BrClN3O3S/c1-32(30,31)28(20-8-9-21(24)22(25)16-20)14-2-3-23(29)27-19-6-4-17(5-7-19)15-18-10-12-26-13-11-18/h4-13,16H,2-3,14-15H2,1H3,(H,27,29). The number of anilines is 2. The van der Waals surface area contributed by atoms with E-state index < -0.39 is 10.0 Å². The smallest absolute Gasteiger partial charge is 0.232 e. The van der Waals surface area contributed by atoms with Gasteiger partial charge < -0.3 is 5.32 Å². The van der Waals surface area contributed by atoms with E-state index in [4.69, 9.17) is 11.6 Å². The Kier molecular flexibility index (Phi) is 8.28. The second-order valence-electron chi connectivity index (χ2n) is 7.31. The van der Waals surface area contributed by atoms with Gasteiger partial charge in [0.2, 0.25) is 15.9 Å². The summed E-state index contributed by atoms with van der Waals surface area (Å²) < 4.78 is 26.4. The van der Waals surface area contributed by atoms with Crippen LogP contribution in [-0.4, -0.2) is 32.1 Å². The van der Waals surface area contributed by atoms with E-state index in [1.807, 2.05) is 36.4 Å². The zero-order valence-electron chi connectivity index (χ0n) is 17.5. The van der Waals surface area contributed by atoms with Crippen molar-refractivity contribution < 1.29 is 13.2 Å². The minimum absolute atomic E-state index is 0.172. The van der Waals surface area contributed by atoms with Gasteiger partial charge in [-0.05, 0) is 82.4 Å². The van der Waals surface area contributed by atoms with Gasteiger partial charge in [0.1, 0.15) is 0 Å². The number of halogens is 2. The number of amides is 1. The van der Waals surface area contributed by atoms with Crippen LogP contribution in [0.4, 0.5) is 11.4 Å². The molecule has 9 heteroatoms. The molecule has 0 fully saturated rings. The second-order valence-corrected chi connectivity index (χ2v) is 10.5. The predicted molar refractivity (Wildman–Crippen MR) is 133 cm³/mol. The van der Waals surface area contributed by atoms with Gasteiger partial charge >= 0.3 is 0 Å². The third-order valence-corrected chi connectivity index (χ3v) is 7.18. The number of carbonyl (C=O) groups is 1. The van der Waals surface area contributed by atoms with E-state index in [9.17, 15) is 13.2 Å². The number of benzene rings is 2. The number of hydrogen-bond acceptors (Lipinski definition) is 4. The Morgan fingerprint density at radius 3 is 2.34 bits per heavy atom. The molecule has 0 radical (unpaired) electrons. The van der Waals surface area contributed by atoms with Gasteiger partial charge in [-0.2, -0.15) is 0 Å². The summed E-state index contributed by atoms with van der Waals surface area (Å²) in [4.78, 5) is 16.4. The molecule has 0 aliphatic rings. The van der Waals surface area contributed by atoms with E-state index in [2.05, 4.69) is 26.2 Å².